The Kier molecular flexibility index (Phi) is 3.90. The van der Waals surface area contributed by atoms with Crippen LogP contribution in [-0.2, 0) is 4.74 Å². The third kappa shape index (κ3) is 2.66. The zero-order chi connectivity index (χ0) is 13.3. The fourth-order valence-corrected chi connectivity index (χ4v) is 2.42. The highest BCUT2D eigenvalue weighted by Crippen LogP contribution is 2.27. The number of ether oxygens (including phenoxy) is 1. The normalized spacial score (nSPS) is 27.2. The van der Waals surface area contributed by atoms with Gasteiger partial charge in [0.1, 0.15) is 0 Å². The Morgan fingerprint density at radius 3 is 2.94 bits per heavy atom. The zero-order valence-electron chi connectivity index (χ0n) is 10.4. The van der Waals surface area contributed by atoms with Crippen LogP contribution < -0.4 is 5.32 Å². The van der Waals surface area contributed by atoms with Gasteiger partial charge in [-0.3, -0.25) is 4.79 Å². The molecular weight excluding hydrogens is 270 g/mol. The SMILES string of the molecule is CC1OCCC1(C)NC(=O)c1cc(S)ccc1Cl. The molecule has 2 rings (SSSR count). The molecule has 0 radical (unpaired) electrons. The van der Waals surface area contributed by atoms with E-state index in [4.69, 9.17) is 16.3 Å². The summed E-state index contributed by atoms with van der Waals surface area (Å²) in [5, 5.41) is 3.44. The van der Waals surface area contributed by atoms with E-state index in [9.17, 15) is 4.79 Å². The van der Waals surface area contributed by atoms with Crippen molar-refractivity contribution in [1.82, 2.24) is 5.32 Å². The Morgan fingerprint density at radius 1 is 1.61 bits per heavy atom. The van der Waals surface area contributed by atoms with Crippen molar-refractivity contribution >= 4 is 30.1 Å². The number of amides is 1. The molecule has 0 bridgehead atoms. The van der Waals surface area contributed by atoms with Gasteiger partial charge in [-0.2, -0.15) is 0 Å². The molecule has 2 atom stereocenters. The highest BCUT2D eigenvalue weighted by atomic mass is 35.5. The zero-order valence-corrected chi connectivity index (χ0v) is 12.0. The van der Waals surface area contributed by atoms with Gasteiger partial charge in [-0.25, -0.2) is 0 Å². The second-order valence-electron chi connectivity index (χ2n) is 4.80. The number of nitrogens with one attached hydrogen (secondary N) is 1. The smallest absolute Gasteiger partial charge is 0.253 e. The molecular formula is C13H16ClNO2S. The molecule has 1 fully saturated rings. The fraction of sp³-hybridized carbons (Fsp3) is 0.462. The van der Waals surface area contributed by atoms with Crippen LogP contribution in [0.2, 0.25) is 5.02 Å². The predicted octanol–water partition coefficient (Wildman–Crippen LogP) is 2.93. The van der Waals surface area contributed by atoms with E-state index in [2.05, 4.69) is 17.9 Å². The predicted molar refractivity (Wildman–Crippen MR) is 74.6 cm³/mol. The highest BCUT2D eigenvalue weighted by Gasteiger charge is 2.38. The number of rotatable bonds is 2. The third-order valence-corrected chi connectivity index (χ3v) is 4.09. The molecule has 1 saturated heterocycles. The molecule has 2 unspecified atom stereocenters. The number of benzene rings is 1. The first-order chi connectivity index (χ1) is 8.42. The lowest BCUT2D eigenvalue weighted by atomic mass is 9.94. The van der Waals surface area contributed by atoms with Gasteiger partial charge in [0.05, 0.1) is 22.2 Å². The molecule has 0 saturated carbocycles. The maximum Gasteiger partial charge on any atom is 0.253 e. The molecule has 98 valence electrons. The first-order valence-electron chi connectivity index (χ1n) is 5.85. The van der Waals surface area contributed by atoms with Gasteiger partial charge >= 0.3 is 0 Å². The maximum absolute atomic E-state index is 12.2. The summed E-state index contributed by atoms with van der Waals surface area (Å²) in [6.07, 6.45) is 0.803. The molecule has 0 spiro atoms. The van der Waals surface area contributed by atoms with Gasteiger partial charge < -0.3 is 10.1 Å². The van der Waals surface area contributed by atoms with Crippen LogP contribution in [0.1, 0.15) is 30.6 Å². The number of carbonyl (C=O) groups excluding carboxylic acids is 1. The first kappa shape index (κ1) is 13.7. The lowest BCUT2D eigenvalue weighted by Crippen LogP contribution is -2.50. The molecule has 3 nitrogen and oxygen atoms in total. The molecule has 1 N–H and O–H groups in total. The molecule has 18 heavy (non-hydrogen) atoms. The van der Waals surface area contributed by atoms with Gasteiger partial charge in [0.15, 0.2) is 0 Å². The lowest BCUT2D eigenvalue weighted by molar-refractivity contribution is 0.0727. The summed E-state index contributed by atoms with van der Waals surface area (Å²) in [6.45, 7) is 4.61. The van der Waals surface area contributed by atoms with Crippen molar-refractivity contribution in [2.75, 3.05) is 6.61 Å². The van der Waals surface area contributed by atoms with Crippen molar-refractivity contribution in [2.45, 2.75) is 36.8 Å². The molecule has 0 aromatic heterocycles. The second kappa shape index (κ2) is 5.11. The molecule has 1 aliphatic heterocycles. The minimum atomic E-state index is -0.340. The lowest BCUT2D eigenvalue weighted by Gasteiger charge is -2.29. The summed E-state index contributed by atoms with van der Waals surface area (Å²) in [7, 11) is 0. The molecule has 1 aromatic rings. The van der Waals surface area contributed by atoms with E-state index in [0.29, 0.717) is 22.1 Å². The van der Waals surface area contributed by atoms with E-state index in [0.717, 1.165) is 6.42 Å². The van der Waals surface area contributed by atoms with Crippen LogP contribution in [0, 0.1) is 0 Å². The number of thiol groups is 1. The third-order valence-electron chi connectivity index (χ3n) is 3.48. The summed E-state index contributed by atoms with van der Waals surface area (Å²) < 4.78 is 5.50. The van der Waals surface area contributed by atoms with Gasteiger partial charge in [0, 0.05) is 11.5 Å². The average Bonchev–Trinajstić information content (AvgIpc) is 2.62. The van der Waals surface area contributed by atoms with E-state index >= 15 is 0 Å². The Morgan fingerprint density at radius 2 is 2.33 bits per heavy atom. The molecule has 1 heterocycles. The van der Waals surface area contributed by atoms with Gasteiger partial charge in [-0.1, -0.05) is 11.6 Å². The quantitative estimate of drug-likeness (QED) is 0.820. The number of carbonyl (C=O) groups is 1. The Bertz CT molecular complexity index is 480. The summed E-state index contributed by atoms with van der Waals surface area (Å²) in [4.78, 5) is 13.0. The molecule has 0 aliphatic carbocycles. The van der Waals surface area contributed by atoms with E-state index in [1.807, 2.05) is 13.8 Å². The van der Waals surface area contributed by atoms with Gasteiger partial charge in [0.2, 0.25) is 0 Å². The standard InChI is InChI=1S/C13H16ClNO2S/c1-8-13(2,5-6-17-8)15-12(16)10-7-9(18)3-4-11(10)14/h3-4,7-8,18H,5-6H2,1-2H3,(H,15,16). The van der Waals surface area contributed by atoms with Crippen LogP contribution in [0.15, 0.2) is 23.1 Å². The van der Waals surface area contributed by atoms with Crippen LogP contribution in [0.5, 0.6) is 0 Å². The summed E-state index contributed by atoms with van der Waals surface area (Å²) in [5.41, 5.74) is 0.108. The van der Waals surface area contributed by atoms with E-state index < -0.39 is 0 Å². The minimum Gasteiger partial charge on any atom is -0.376 e. The molecule has 1 amide bonds. The van der Waals surface area contributed by atoms with Crippen LogP contribution in [-0.4, -0.2) is 24.2 Å². The second-order valence-corrected chi connectivity index (χ2v) is 5.72. The van der Waals surface area contributed by atoms with E-state index in [-0.39, 0.29) is 17.6 Å². The summed E-state index contributed by atoms with van der Waals surface area (Å²) in [5.74, 6) is -0.184. The fourth-order valence-electron chi connectivity index (χ4n) is 2.01. The van der Waals surface area contributed by atoms with Crippen LogP contribution in [0.25, 0.3) is 0 Å². The van der Waals surface area contributed by atoms with Gasteiger partial charge in [-0.05, 0) is 38.5 Å². The average molecular weight is 286 g/mol. The topological polar surface area (TPSA) is 38.3 Å². The Balaban J connectivity index is 2.19. The van der Waals surface area contributed by atoms with Crippen LogP contribution in [0.3, 0.4) is 0 Å². The van der Waals surface area contributed by atoms with Crippen molar-refractivity contribution in [3.63, 3.8) is 0 Å². The van der Waals surface area contributed by atoms with Gasteiger partial charge in [0.25, 0.3) is 5.91 Å². The molecule has 5 heteroatoms. The van der Waals surface area contributed by atoms with Crippen molar-refractivity contribution in [3.05, 3.63) is 28.8 Å². The largest absolute Gasteiger partial charge is 0.376 e. The van der Waals surface area contributed by atoms with Crippen molar-refractivity contribution in [2.24, 2.45) is 0 Å². The number of hydrogen-bond donors (Lipinski definition) is 2. The molecule has 1 aliphatic rings. The van der Waals surface area contributed by atoms with E-state index in [1.54, 1.807) is 18.2 Å². The van der Waals surface area contributed by atoms with Crippen molar-refractivity contribution < 1.29 is 9.53 Å². The Labute approximate surface area is 117 Å². The minimum absolute atomic E-state index is 0.000547. The number of hydrogen-bond acceptors (Lipinski definition) is 3. The number of halogens is 1. The van der Waals surface area contributed by atoms with Gasteiger partial charge in [-0.15, -0.1) is 12.6 Å². The Hall–Kier alpha value is -0.710. The van der Waals surface area contributed by atoms with Crippen molar-refractivity contribution in [1.29, 1.82) is 0 Å². The van der Waals surface area contributed by atoms with Crippen molar-refractivity contribution in [3.8, 4) is 0 Å². The highest BCUT2D eigenvalue weighted by molar-refractivity contribution is 7.80. The van der Waals surface area contributed by atoms with E-state index in [1.165, 1.54) is 0 Å². The summed E-state index contributed by atoms with van der Waals surface area (Å²) >= 11 is 10.3. The first-order valence-corrected chi connectivity index (χ1v) is 6.67. The summed E-state index contributed by atoms with van der Waals surface area (Å²) in [6, 6.07) is 5.10. The maximum atomic E-state index is 12.2. The monoisotopic (exact) mass is 285 g/mol. The van der Waals surface area contributed by atoms with Crippen LogP contribution >= 0.6 is 24.2 Å². The van der Waals surface area contributed by atoms with Crippen LogP contribution in [0.4, 0.5) is 0 Å². The molecule has 1 aromatic carbocycles.